The molecular weight excluding hydrogens is 248 g/mol. The van der Waals surface area contributed by atoms with Crippen molar-refractivity contribution in [2.24, 2.45) is 0 Å². The summed E-state index contributed by atoms with van der Waals surface area (Å²) in [7, 11) is 0. The number of nitrogens with one attached hydrogen (secondary N) is 1. The van der Waals surface area contributed by atoms with Gasteiger partial charge in [-0.1, -0.05) is 29.8 Å². The Morgan fingerprint density at radius 1 is 1.05 bits per heavy atom. The summed E-state index contributed by atoms with van der Waals surface area (Å²) < 4.78 is 0. The minimum absolute atomic E-state index is 0. The summed E-state index contributed by atoms with van der Waals surface area (Å²) in [6, 6.07) is 10.2. The fourth-order valence-corrected chi connectivity index (χ4v) is 1.09. The fraction of sp³-hybridized carbons (Fsp3) is 0.0769. The molecule has 0 fully saturated rings. The highest BCUT2D eigenvalue weighted by atomic mass is 16.4. The number of hydrogen-bond donors (Lipinski definition) is 1. The van der Waals surface area contributed by atoms with Crippen LogP contribution in [0.3, 0.4) is 0 Å². The molecule has 0 unspecified atom stereocenters. The number of nitrogen functional groups attached to an aromatic ring is 1. The largest absolute Gasteiger partial charge is 0.545 e. The Morgan fingerprint density at radius 3 is 1.84 bits per heavy atom. The van der Waals surface area contributed by atoms with E-state index < -0.39 is 5.97 Å². The molecule has 0 spiro atoms. The van der Waals surface area contributed by atoms with Crippen LogP contribution in [0.5, 0.6) is 0 Å². The zero-order valence-electron chi connectivity index (χ0n) is 10.5. The van der Waals surface area contributed by atoms with E-state index in [2.05, 4.69) is 4.98 Å². The van der Waals surface area contributed by atoms with Gasteiger partial charge in [-0.2, -0.15) is 0 Å². The molecule has 1 aromatic carbocycles. The van der Waals surface area contributed by atoms with Crippen LogP contribution in [0.25, 0.3) is 0 Å². The normalized spacial score (nSPS) is 8.05. The lowest BCUT2D eigenvalue weighted by molar-refractivity contribution is -0.377. The van der Waals surface area contributed by atoms with Crippen LogP contribution >= 0.6 is 0 Å². The first-order valence-corrected chi connectivity index (χ1v) is 5.09. The van der Waals surface area contributed by atoms with Crippen molar-refractivity contribution in [2.45, 2.75) is 6.92 Å². The van der Waals surface area contributed by atoms with Crippen molar-refractivity contribution < 1.29 is 25.8 Å². The highest BCUT2D eigenvalue weighted by Crippen LogP contribution is 2.00. The van der Waals surface area contributed by atoms with Crippen LogP contribution in [0, 0.1) is 6.92 Å². The maximum absolute atomic E-state index is 10.2. The van der Waals surface area contributed by atoms with Gasteiger partial charge in [-0.05, 0) is 12.5 Å². The molecule has 6 nitrogen and oxygen atoms in total. The van der Waals surface area contributed by atoms with Gasteiger partial charge in [0.2, 0.25) is 0 Å². The molecular formula is C13H18N2O4. The van der Waals surface area contributed by atoms with Crippen LogP contribution in [0.2, 0.25) is 0 Å². The number of aromatic nitrogens is 1. The van der Waals surface area contributed by atoms with Crippen molar-refractivity contribution in [3.05, 3.63) is 59.9 Å². The predicted octanol–water partition coefficient (Wildman–Crippen LogP) is -1.21. The molecule has 1 heterocycles. The summed E-state index contributed by atoms with van der Waals surface area (Å²) in [4.78, 5) is 13.1. The zero-order valence-corrected chi connectivity index (χ0v) is 10.5. The van der Waals surface area contributed by atoms with Gasteiger partial charge in [0.25, 0.3) is 0 Å². The molecule has 0 aliphatic carbocycles. The molecule has 6 heteroatoms. The Balaban J connectivity index is 0. The number of pyridine rings is 1. The number of nitrogens with two attached hydrogens (primary N) is 1. The first-order valence-electron chi connectivity index (χ1n) is 5.09. The number of carboxylic acids is 1. The van der Waals surface area contributed by atoms with Gasteiger partial charge in [0.15, 0.2) is 12.4 Å². The lowest BCUT2D eigenvalue weighted by Crippen LogP contribution is -2.21. The van der Waals surface area contributed by atoms with Gasteiger partial charge in [-0.15, -0.1) is 0 Å². The molecule has 0 saturated carbocycles. The van der Waals surface area contributed by atoms with E-state index in [0.717, 1.165) is 11.3 Å². The monoisotopic (exact) mass is 266 g/mol. The molecule has 0 atom stereocenters. The van der Waals surface area contributed by atoms with Crippen LogP contribution in [0.1, 0.15) is 15.9 Å². The summed E-state index contributed by atoms with van der Waals surface area (Å²) in [6.45, 7) is 1.90. The Morgan fingerprint density at radius 2 is 1.53 bits per heavy atom. The van der Waals surface area contributed by atoms with Gasteiger partial charge in [0, 0.05) is 17.8 Å². The minimum Gasteiger partial charge on any atom is -0.545 e. The fourth-order valence-electron chi connectivity index (χ4n) is 1.09. The van der Waals surface area contributed by atoms with Gasteiger partial charge < -0.3 is 26.6 Å². The van der Waals surface area contributed by atoms with E-state index in [1.54, 1.807) is 36.7 Å². The van der Waals surface area contributed by atoms with Gasteiger partial charge >= 0.3 is 0 Å². The quantitative estimate of drug-likeness (QED) is 0.691. The molecule has 0 amide bonds. The summed E-state index contributed by atoms with van der Waals surface area (Å²) >= 11 is 0. The molecule has 0 aliphatic heterocycles. The lowest BCUT2D eigenvalue weighted by atomic mass is 10.2. The van der Waals surface area contributed by atoms with E-state index in [4.69, 9.17) is 5.73 Å². The number of H-pyrrole nitrogens is 1. The standard InChI is InChI=1S/C8H8O2.C5H6N2.2H2O/c1-6-2-4-7(5-3-6)8(9)10;6-5-1-3-7-4-2-5;;/h2-5H,1H3,(H,9,10);1-4H,(H2,6,7);2*1H2. The van der Waals surface area contributed by atoms with E-state index in [1.807, 2.05) is 6.92 Å². The molecule has 0 radical (unpaired) electrons. The third-order valence-corrected chi connectivity index (χ3v) is 2.03. The second kappa shape index (κ2) is 9.58. The van der Waals surface area contributed by atoms with E-state index >= 15 is 0 Å². The molecule has 7 N–H and O–H groups in total. The van der Waals surface area contributed by atoms with E-state index in [9.17, 15) is 9.90 Å². The Hall–Kier alpha value is -2.44. The first-order chi connectivity index (χ1) is 8.09. The number of carbonyl (C=O) groups is 1. The van der Waals surface area contributed by atoms with Gasteiger partial charge in [0.1, 0.15) is 0 Å². The number of aromatic carboxylic acids is 1. The van der Waals surface area contributed by atoms with Crippen LogP contribution < -0.4 is 15.8 Å². The average Bonchev–Trinajstić information content (AvgIpc) is 2.31. The molecule has 2 rings (SSSR count). The van der Waals surface area contributed by atoms with Crippen LogP contribution in [0.4, 0.5) is 5.69 Å². The minimum atomic E-state index is -1.12. The number of rotatable bonds is 1. The van der Waals surface area contributed by atoms with E-state index in [1.165, 1.54) is 12.1 Å². The SMILES string of the molecule is Cc1ccc(C(=O)[O-])cc1.Nc1cc[nH+]cc1.O.O. The van der Waals surface area contributed by atoms with Gasteiger partial charge in [-0.3, -0.25) is 0 Å². The number of aryl methyl sites for hydroxylation is 1. The lowest BCUT2D eigenvalue weighted by Gasteiger charge is -2.00. The van der Waals surface area contributed by atoms with Gasteiger partial charge in [-0.25, -0.2) is 4.98 Å². The van der Waals surface area contributed by atoms with Crippen molar-refractivity contribution in [3.8, 4) is 0 Å². The smallest absolute Gasteiger partial charge is 0.169 e. The first kappa shape index (κ1) is 18.9. The van der Waals surface area contributed by atoms with E-state index in [0.29, 0.717) is 0 Å². The van der Waals surface area contributed by atoms with Crippen molar-refractivity contribution >= 4 is 11.7 Å². The van der Waals surface area contributed by atoms with Crippen LogP contribution in [-0.4, -0.2) is 16.9 Å². The van der Waals surface area contributed by atoms with Crippen molar-refractivity contribution in [2.75, 3.05) is 5.73 Å². The maximum atomic E-state index is 10.2. The number of aromatic amines is 1. The molecule has 1 aromatic heterocycles. The highest BCUT2D eigenvalue weighted by Gasteiger charge is 1.89. The van der Waals surface area contributed by atoms with E-state index in [-0.39, 0.29) is 16.5 Å². The third kappa shape index (κ3) is 7.48. The summed E-state index contributed by atoms with van der Waals surface area (Å²) in [5, 5.41) is 10.2. The Bertz CT molecular complexity index is 472. The summed E-state index contributed by atoms with van der Waals surface area (Å²) in [6.07, 6.45) is 3.57. The molecule has 19 heavy (non-hydrogen) atoms. The second-order valence-corrected chi connectivity index (χ2v) is 3.49. The van der Waals surface area contributed by atoms with Crippen molar-refractivity contribution in [1.29, 1.82) is 0 Å². The molecule has 104 valence electrons. The molecule has 0 saturated heterocycles. The van der Waals surface area contributed by atoms with Crippen molar-refractivity contribution in [1.82, 2.24) is 0 Å². The van der Waals surface area contributed by atoms with Gasteiger partial charge in [0.05, 0.1) is 5.97 Å². The zero-order chi connectivity index (χ0) is 12.7. The number of carbonyl (C=O) groups excluding carboxylic acids is 1. The molecule has 0 aliphatic rings. The maximum Gasteiger partial charge on any atom is 0.169 e. The van der Waals surface area contributed by atoms with Crippen LogP contribution in [-0.2, 0) is 0 Å². The molecule has 2 aromatic rings. The third-order valence-electron chi connectivity index (χ3n) is 2.03. The number of anilines is 1. The Kier molecular flexibility index (Phi) is 9.53. The molecule has 0 bridgehead atoms. The Labute approximate surface area is 111 Å². The second-order valence-electron chi connectivity index (χ2n) is 3.49. The van der Waals surface area contributed by atoms with Crippen LogP contribution in [0.15, 0.2) is 48.8 Å². The topological polar surface area (TPSA) is 143 Å². The number of hydrogen-bond acceptors (Lipinski definition) is 3. The average molecular weight is 266 g/mol. The highest BCUT2D eigenvalue weighted by molar-refractivity contribution is 5.85. The number of carboxylic acid groups (broad SMARTS) is 1. The summed E-state index contributed by atoms with van der Waals surface area (Å²) in [5.74, 6) is -1.12. The predicted molar refractivity (Wildman–Crippen MR) is 70.1 cm³/mol. The van der Waals surface area contributed by atoms with Crippen molar-refractivity contribution in [3.63, 3.8) is 0 Å². The summed E-state index contributed by atoms with van der Waals surface area (Å²) in [5.41, 5.74) is 7.40. The number of benzene rings is 1.